The van der Waals surface area contributed by atoms with E-state index >= 15 is 0 Å². The average molecular weight is 395 g/mol. The molecule has 0 radical (unpaired) electrons. The van der Waals surface area contributed by atoms with Gasteiger partial charge in [0.15, 0.2) is 0 Å². The van der Waals surface area contributed by atoms with Gasteiger partial charge in [-0.3, -0.25) is 9.69 Å². The number of hydrogen-bond donors (Lipinski definition) is 0. The van der Waals surface area contributed by atoms with E-state index in [0.29, 0.717) is 19.6 Å². The van der Waals surface area contributed by atoms with Gasteiger partial charge in [0.05, 0.1) is 12.0 Å². The number of allylic oxidation sites excluding steroid dienone is 2. The minimum atomic E-state index is -1.26. The molecule has 0 unspecified atom stereocenters. The summed E-state index contributed by atoms with van der Waals surface area (Å²) in [6, 6.07) is 9.99. The predicted molar refractivity (Wildman–Crippen MR) is 112 cm³/mol. The Labute approximate surface area is 173 Å². The van der Waals surface area contributed by atoms with Crippen LogP contribution in [0.2, 0.25) is 0 Å². The Bertz CT molecular complexity index is 834. The highest BCUT2D eigenvalue weighted by molar-refractivity contribution is 6.11. The third kappa shape index (κ3) is 2.86. The van der Waals surface area contributed by atoms with E-state index in [4.69, 9.17) is 4.74 Å². The van der Waals surface area contributed by atoms with Crippen LogP contribution in [0.1, 0.15) is 32.3 Å². The molecule has 1 aliphatic carbocycles. The summed E-state index contributed by atoms with van der Waals surface area (Å²) in [7, 11) is 0. The zero-order chi connectivity index (χ0) is 20.5. The zero-order valence-electron chi connectivity index (χ0n) is 17.3. The molecular weight excluding hydrogens is 364 g/mol. The van der Waals surface area contributed by atoms with Gasteiger partial charge in [-0.15, -0.1) is 0 Å². The van der Waals surface area contributed by atoms with Gasteiger partial charge in [-0.1, -0.05) is 68.0 Å². The minimum Gasteiger partial charge on any atom is -0.464 e. The summed E-state index contributed by atoms with van der Waals surface area (Å²) < 4.78 is 5.57. The third-order valence-corrected chi connectivity index (χ3v) is 6.69. The van der Waals surface area contributed by atoms with Gasteiger partial charge < -0.3 is 9.64 Å². The Hall–Kier alpha value is -2.40. The van der Waals surface area contributed by atoms with Crippen LogP contribution in [0.4, 0.5) is 0 Å². The van der Waals surface area contributed by atoms with Crippen molar-refractivity contribution in [3.8, 4) is 0 Å². The lowest BCUT2D eigenvalue weighted by Gasteiger charge is -2.40. The number of benzene rings is 1. The summed E-state index contributed by atoms with van der Waals surface area (Å²) in [6.07, 6.45) is 10.3. The molecule has 1 spiro atoms. The lowest BCUT2D eigenvalue weighted by Crippen LogP contribution is -2.63. The molecule has 0 bridgehead atoms. The van der Waals surface area contributed by atoms with Crippen LogP contribution in [0.25, 0.3) is 0 Å². The highest BCUT2D eigenvalue weighted by Gasteiger charge is 2.76. The van der Waals surface area contributed by atoms with E-state index in [1.54, 1.807) is 0 Å². The lowest BCUT2D eigenvalue weighted by molar-refractivity contribution is -0.165. The van der Waals surface area contributed by atoms with Gasteiger partial charge in [0.1, 0.15) is 0 Å². The Morgan fingerprint density at radius 2 is 2.00 bits per heavy atom. The van der Waals surface area contributed by atoms with Crippen molar-refractivity contribution in [2.75, 3.05) is 26.2 Å². The minimum absolute atomic E-state index is 0.113. The molecule has 1 aromatic rings. The van der Waals surface area contributed by atoms with Crippen LogP contribution in [0.3, 0.4) is 0 Å². The van der Waals surface area contributed by atoms with E-state index in [1.165, 1.54) is 0 Å². The van der Waals surface area contributed by atoms with Crippen molar-refractivity contribution in [1.29, 1.82) is 0 Å². The van der Waals surface area contributed by atoms with Gasteiger partial charge in [-0.25, -0.2) is 4.79 Å². The van der Waals surface area contributed by atoms with Gasteiger partial charge in [-0.2, -0.15) is 0 Å². The number of unbranched alkanes of at least 4 members (excludes halogenated alkanes) is 1. The molecule has 0 saturated carbocycles. The van der Waals surface area contributed by atoms with Crippen molar-refractivity contribution in [3.63, 3.8) is 0 Å². The predicted octanol–water partition coefficient (Wildman–Crippen LogP) is 3.18. The maximum absolute atomic E-state index is 14.0. The van der Waals surface area contributed by atoms with Crippen LogP contribution < -0.4 is 0 Å². The van der Waals surface area contributed by atoms with E-state index in [0.717, 1.165) is 24.9 Å². The van der Waals surface area contributed by atoms with Crippen molar-refractivity contribution >= 4 is 11.9 Å². The smallest absolute Gasteiger partial charge is 0.337 e. The zero-order valence-corrected chi connectivity index (χ0v) is 17.3. The highest BCUT2D eigenvalue weighted by Crippen LogP contribution is 2.58. The van der Waals surface area contributed by atoms with Crippen LogP contribution in [0.15, 0.2) is 54.6 Å². The SMILES string of the molecule is CCCCN1C[C@@H]2C=CC=C[C@@]23CN(Cc2ccccc2)C(=O)[C@@]13C(=O)OCC. The van der Waals surface area contributed by atoms with Gasteiger partial charge in [0.25, 0.3) is 5.91 Å². The van der Waals surface area contributed by atoms with Gasteiger partial charge in [-0.05, 0) is 25.5 Å². The molecule has 3 aliphatic rings. The van der Waals surface area contributed by atoms with Gasteiger partial charge in [0.2, 0.25) is 5.54 Å². The van der Waals surface area contributed by atoms with E-state index in [2.05, 4.69) is 24.0 Å². The number of amides is 1. The van der Waals surface area contributed by atoms with Crippen molar-refractivity contribution < 1.29 is 14.3 Å². The molecule has 3 atom stereocenters. The fraction of sp³-hybridized carbons (Fsp3) is 0.500. The van der Waals surface area contributed by atoms with E-state index in [1.807, 2.05) is 54.3 Å². The molecule has 5 nitrogen and oxygen atoms in total. The molecule has 29 heavy (non-hydrogen) atoms. The molecule has 154 valence electrons. The summed E-state index contributed by atoms with van der Waals surface area (Å²) in [5.41, 5.74) is -0.768. The second-order valence-corrected chi connectivity index (χ2v) is 8.27. The maximum Gasteiger partial charge on any atom is 0.337 e. The maximum atomic E-state index is 14.0. The first-order valence-corrected chi connectivity index (χ1v) is 10.7. The standard InChI is InChI=1S/C24H30N2O3/c1-3-5-15-26-17-20-13-9-10-14-23(20)18-25(16-19-11-7-6-8-12-19)21(27)24(23,26)22(28)29-4-2/h6-14,20H,3-5,15-18H2,1-2H3/t20-,23+,24-/m0/s1. The molecule has 5 heteroatoms. The molecule has 2 aliphatic heterocycles. The third-order valence-electron chi connectivity index (χ3n) is 6.69. The van der Waals surface area contributed by atoms with Gasteiger partial charge in [0, 0.05) is 25.6 Å². The van der Waals surface area contributed by atoms with Crippen molar-refractivity contribution in [2.24, 2.45) is 11.3 Å². The molecule has 0 N–H and O–H groups in total. The summed E-state index contributed by atoms with van der Waals surface area (Å²) in [4.78, 5) is 31.5. The van der Waals surface area contributed by atoms with Crippen LogP contribution >= 0.6 is 0 Å². The average Bonchev–Trinajstić information content (AvgIpc) is 3.15. The monoisotopic (exact) mass is 394 g/mol. The number of ether oxygens (including phenoxy) is 1. The van der Waals surface area contributed by atoms with Gasteiger partial charge >= 0.3 is 5.97 Å². The van der Waals surface area contributed by atoms with Crippen LogP contribution in [0, 0.1) is 11.3 Å². The Morgan fingerprint density at radius 3 is 2.72 bits per heavy atom. The van der Waals surface area contributed by atoms with Crippen LogP contribution in [-0.4, -0.2) is 53.5 Å². The second-order valence-electron chi connectivity index (χ2n) is 8.27. The number of likely N-dealkylation sites (tertiary alicyclic amines) is 2. The first kappa shape index (κ1) is 19.9. The fourth-order valence-electron chi connectivity index (χ4n) is 5.42. The fourth-order valence-corrected chi connectivity index (χ4v) is 5.42. The molecule has 2 saturated heterocycles. The van der Waals surface area contributed by atoms with Crippen molar-refractivity contribution in [3.05, 3.63) is 60.2 Å². The summed E-state index contributed by atoms with van der Waals surface area (Å²) in [5, 5.41) is 0. The van der Waals surface area contributed by atoms with Crippen molar-refractivity contribution in [1.82, 2.24) is 9.80 Å². The first-order chi connectivity index (χ1) is 14.1. The summed E-state index contributed by atoms with van der Waals surface area (Å²) in [6.45, 7) is 6.69. The number of carbonyl (C=O) groups is 2. The molecule has 2 fully saturated rings. The Morgan fingerprint density at radius 1 is 1.21 bits per heavy atom. The lowest BCUT2D eigenvalue weighted by atomic mass is 9.65. The molecule has 0 aromatic heterocycles. The molecular formula is C24H30N2O3. The number of hydrogen-bond acceptors (Lipinski definition) is 4. The van der Waals surface area contributed by atoms with E-state index in [-0.39, 0.29) is 24.4 Å². The van der Waals surface area contributed by atoms with Crippen molar-refractivity contribution in [2.45, 2.75) is 38.8 Å². The number of nitrogens with zero attached hydrogens (tertiary/aromatic N) is 2. The number of esters is 1. The normalized spacial score (nSPS) is 30.5. The summed E-state index contributed by atoms with van der Waals surface area (Å²) in [5.74, 6) is -0.379. The second kappa shape index (κ2) is 7.79. The van der Waals surface area contributed by atoms with Crippen LogP contribution in [0.5, 0.6) is 0 Å². The number of rotatable bonds is 7. The molecule has 1 amide bonds. The topological polar surface area (TPSA) is 49.9 Å². The Balaban J connectivity index is 1.79. The first-order valence-electron chi connectivity index (χ1n) is 10.7. The largest absolute Gasteiger partial charge is 0.464 e. The van der Waals surface area contributed by atoms with E-state index in [9.17, 15) is 9.59 Å². The van der Waals surface area contributed by atoms with Crippen LogP contribution in [-0.2, 0) is 20.9 Å². The molecule has 1 aromatic carbocycles. The Kier molecular flexibility index (Phi) is 5.34. The molecule has 2 heterocycles. The quantitative estimate of drug-likeness (QED) is 0.527. The van der Waals surface area contributed by atoms with E-state index < -0.39 is 11.0 Å². The molecule has 4 rings (SSSR count). The highest BCUT2D eigenvalue weighted by atomic mass is 16.5. The number of carbonyl (C=O) groups excluding carboxylic acids is 2. The summed E-state index contributed by atoms with van der Waals surface area (Å²) >= 11 is 0.